The maximum Gasteiger partial charge on any atom is 0.185 e. The summed E-state index contributed by atoms with van der Waals surface area (Å²) < 4.78 is 0. The molecule has 0 aliphatic heterocycles. The van der Waals surface area contributed by atoms with Crippen molar-refractivity contribution >= 4 is 22.7 Å². The van der Waals surface area contributed by atoms with Gasteiger partial charge in [-0.3, -0.25) is 4.79 Å². The first-order valence-electron chi connectivity index (χ1n) is 5.48. The number of anilines is 1. The van der Waals surface area contributed by atoms with E-state index in [9.17, 15) is 4.79 Å². The number of thioether (sulfide) groups is 1. The van der Waals surface area contributed by atoms with Crippen molar-refractivity contribution in [2.75, 3.05) is 18.1 Å². The van der Waals surface area contributed by atoms with E-state index >= 15 is 0 Å². The minimum absolute atomic E-state index is 0.210. The Morgan fingerprint density at radius 1 is 1.50 bits per heavy atom. The first-order valence-corrected chi connectivity index (χ1v) is 6.47. The van der Waals surface area contributed by atoms with Crippen LogP contribution in [0.4, 0.5) is 5.82 Å². The first kappa shape index (κ1) is 13.0. The van der Waals surface area contributed by atoms with Gasteiger partial charge in [0.2, 0.25) is 0 Å². The molecule has 16 heavy (non-hydrogen) atoms. The molecule has 0 radical (unpaired) electrons. The molecule has 1 heterocycles. The third-order valence-electron chi connectivity index (χ3n) is 2.25. The van der Waals surface area contributed by atoms with Crippen molar-refractivity contribution in [3.05, 3.63) is 23.9 Å². The number of nitrogens with zero attached hydrogens (tertiary/aromatic N) is 1. The van der Waals surface area contributed by atoms with Gasteiger partial charge in [0.25, 0.3) is 0 Å². The summed E-state index contributed by atoms with van der Waals surface area (Å²) in [7, 11) is 1.87. The van der Waals surface area contributed by atoms with Crippen LogP contribution < -0.4 is 5.32 Å². The van der Waals surface area contributed by atoms with E-state index in [1.807, 2.05) is 19.3 Å². The number of carbonyl (C=O) groups is 1. The van der Waals surface area contributed by atoms with Crippen LogP contribution in [0, 0.1) is 0 Å². The molecule has 88 valence electrons. The lowest BCUT2D eigenvalue weighted by atomic mass is 10.1. The highest BCUT2D eigenvalue weighted by molar-refractivity contribution is 8.13. The second-order valence-corrected chi connectivity index (χ2v) is 4.87. The fourth-order valence-electron chi connectivity index (χ4n) is 1.41. The lowest BCUT2D eigenvalue weighted by molar-refractivity contribution is -0.109. The largest absolute Gasteiger partial charge is 0.373 e. The molecule has 4 heteroatoms. The lowest BCUT2D eigenvalue weighted by Gasteiger charge is -2.03. The highest BCUT2D eigenvalue weighted by atomic mass is 32.2. The van der Waals surface area contributed by atoms with Crippen molar-refractivity contribution < 1.29 is 4.79 Å². The van der Waals surface area contributed by atoms with Crippen LogP contribution in [0.15, 0.2) is 18.3 Å². The molecule has 0 amide bonds. The second kappa shape index (κ2) is 7.28. The molecule has 0 bridgehead atoms. The van der Waals surface area contributed by atoms with E-state index in [1.165, 1.54) is 17.3 Å². The third-order valence-corrected chi connectivity index (χ3v) is 3.14. The summed E-state index contributed by atoms with van der Waals surface area (Å²) in [5.41, 5.74) is 1.30. The van der Waals surface area contributed by atoms with Gasteiger partial charge in [0.15, 0.2) is 5.12 Å². The Kier molecular flexibility index (Phi) is 5.93. The van der Waals surface area contributed by atoms with E-state index in [4.69, 9.17) is 0 Å². The molecule has 0 atom stereocenters. The number of rotatable bonds is 6. The predicted octanol–water partition coefficient (Wildman–Crippen LogP) is 2.73. The summed E-state index contributed by atoms with van der Waals surface area (Å²) in [5, 5.41) is 3.23. The molecule has 1 N–H and O–H groups in total. The van der Waals surface area contributed by atoms with Crippen molar-refractivity contribution in [1.29, 1.82) is 0 Å². The van der Waals surface area contributed by atoms with Crippen molar-refractivity contribution in [3.63, 3.8) is 0 Å². The van der Waals surface area contributed by atoms with Crippen LogP contribution in [-0.2, 0) is 11.2 Å². The first-order chi connectivity index (χ1) is 7.72. The molecule has 0 aliphatic rings. The zero-order chi connectivity index (χ0) is 11.8. The number of pyridine rings is 1. The zero-order valence-electron chi connectivity index (χ0n) is 9.82. The number of nitrogens with one attached hydrogen (secondary N) is 1. The number of unbranched alkanes of at least 4 members (excludes halogenated alkanes) is 1. The Morgan fingerprint density at radius 3 is 3.00 bits per heavy atom. The fourth-order valence-corrected chi connectivity index (χ4v) is 2.05. The minimum atomic E-state index is 0.210. The normalized spacial score (nSPS) is 10.1. The minimum Gasteiger partial charge on any atom is -0.373 e. The van der Waals surface area contributed by atoms with Crippen LogP contribution in [-0.4, -0.2) is 22.9 Å². The van der Waals surface area contributed by atoms with Crippen LogP contribution >= 0.6 is 11.8 Å². The molecular formula is C12H18N2OS. The Bertz CT molecular complexity index is 342. The summed E-state index contributed by atoms with van der Waals surface area (Å²) >= 11 is 1.41. The van der Waals surface area contributed by atoms with E-state index in [2.05, 4.69) is 16.4 Å². The number of hydrogen-bond donors (Lipinski definition) is 1. The second-order valence-electron chi connectivity index (χ2n) is 3.60. The van der Waals surface area contributed by atoms with Gasteiger partial charge in [-0.25, -0.2) is 4.98 Å². The molecule has 3 nitrogen and oxygen atoms in total. The standard InChI is InChI=1S/C12H18N2OS/c1-10(15)16-8-4-3-5-11-6-7-14-12(9-11)13-2/h6-7,9H,3-5,8H2,1-2H3,(H,13,14). The molecule has 0 aromatic carbocycles. The number of carbonyl (C=O) groups excluding carboxylic acids is 1. The van der Waals surface area contributed by atoms with Crippen LogP contribution in [0.3, 0.4) is 0 Å². The van der Waals surface area contributed by atoms with E-state index in [-0.39, 0.29) is 5.12 Å². The van der Waals surface area contributed by atoms with Gasteiger partial charge in [0.05, 0.1) is 0 Å². The van der Waals surface area contributed by atoms with Gasteiger partial charge in [0.1, 0.15) is 5.82 Å². The smallest absolute Gasteiger partial charge is 0.185 e. The van der Waals surface area contributed by atoms with Gasteiger partial charge in [-0.05, 0) is 37.0 Å². The molecule has 1 aromatic heterocycles. The van der Waals surface area contributed by atoms with Crippen LogP contribution in [0.2, 0.25) is 0 Å². The van der Waals surface area contributed by atoms with Crippen molar-refractivity contribution in [1.82, 2.24) is 4.98 Å². The highest BCUT2D eigenvalue weighted by Gasteiger charge is 1.97. The Hall–Kier alpha value is -1.03. The maximum atomic E-state index is 10.7. The van der Waals surface area contributed by atoms with Crippen molar-refractivity contribution in [2.45, 2.75) is 26.2 Å². The van der Waals surface area contributed by atoms with Gasteiger partial charge in [-0.15, -0.1) is 0 Å². The summed E-state index contributed by atoms with van der Waals surface area (Å²) in [6, 6.07) is 4.11. The van der Waals surface area contributed by atoms with Crippen molar-refractivity contribution in [2.24, 2.45) is 0 Å². The summed E-state index contributed by atoms with van der Waals surface area (Å²) in [4.78, 5) is 14.9. The topological polar surface area (TPSA) is 42.0 Å². The Balaban J connectivity index is 2.23. The van der Waals surface area contributed by atoms with Gasteiger partial charge in [-0.1, -0.05) is 11.8 Å². The van der Waals surface area contributed by atoms with E-state index < -0.39 is 0 Å². The molecule has 0 saturated heterocycles. The maximum absolute atomic E-state index is 10.7. The number of aromatic nitrogens is 1. The molecule has 0 spiro atoms. The Labute approximate surface area is 101 Å². The van der Waals surface area contributed by atoms with Gasteiger partial charge in [-0.2, -0.15) is 0 Å². The summed E-state index contributed by atoms with van der Waals surface area (Å²) in [6.45, 7) is 1.62. The third kappa shape index (κ3) is 5.16. The van der Waals surface area contributed by atoms with Crippen LogP contribution in [0.1, 0.15) is 25.3 Å². The number of aryl methyl sites for hydroxylation is 1. The molecule has 0 fully saturated rings. The number of hydrogen-bond acceptors (Lipinski definition) is 4. The van der Waals surface area contributed by atoms with E-state index in [0.29, 0.717) is 0 Å². The molecule has 1 aromatic rings. The molecule has 0 aliphatic carbocycles. The van der Waals surface area contributed by atoms with Gasteiger partial charge in [0, 0.05) is 25.9 Å². The van der Waals surface area contributed by atoms with E-state index in [1.54, 1.807) is 6.92 Å². The summed E-state index contributed by atoms with van der Waals surface area (Å²) in [5.74, 6) is 1.84. The molecule has 0 saturated carbocycles. The fraction of sp³-hybridized carbons (Fsp3) is 0.500. The van der Waals surface area contributed by atoms with Crippen LogP contribution in [0.25, 0.3) is 0 Å². The quantitative estimate of drug-likeness (QED) is 0.774. The van der Waals surface area contributed by atoms with Gasteiger partial charge < -0.3 is 5.32 Å². The van der Waals surface area contributed by atoms with Crippen molar-refractivity contribution in [3.8, 4) is 0 Å². The Morgan fingerprint density at radius 2 is 2.31 bits per heavy atom. The average Bonchev–Trinajstić information content (AvgIpc) is 2.28. The molecule has 1 rings (SSSR count). The lowest BCUT2D eigenvalue weighted by Crippen LogP contribution is -1.94. The highest BCUT2D eigenvalue weighted by Crippen LogP contribution is 2.11. The van der Waals surface area contributed by atoms with E-state index in [0.717, 1.165) is 30.8 Å². The molecular weight excluding hydrogens is 220 g/mol. The summed E-state index contributed by atoms with van der Waals surface area (Å²) in [6.07, 6.45) is 5.08. The zero-order valence-corrected chi connectivity index (χ0v) is 10.6. The molecule has 0 unspecified atom stereocenters. The monoisotopic (exact) mass is 238 g/mol. The SMILES string of the molecule is CNc1cc(CCCCSC(C)=O)ccn1. The predicted molar refractivity (Wildman–Crippen MR) is 69.9 cm³/mol. The average molecular weight is 238 g/mol. The van der Waals surface area contributed by atoms with Crippen LogP contribution in [0.5, 0.6) is 0 Å². The van der Waals surface area contributed by atoms with Gasteiger partial charge >= 0.3 is 0 Å².